The topological polar surface area (TPSA) is 619 Å². The Bertz CT molecular complexity index is 8250. The number of anilines is 11. The lowest BCUT2D eigenvalue weighted by atomic mass is 10.1. The predicted octanol–water partition coefficient (Wildman–Crippen LogP) is 15.0. The molecule has 1 saturated carbocycles. The summed E-state index contributed by atoms with van der Waals surface area (Å²) in [5.74, 6) is 7.75. The fourth-order valence-corrected chi connectivity index (χ4v) is 14.8. The molecule has 22 aromatic rings. The fraction of sp³-hybridized carbons (Fsp3) is 0.146. The number of esters is 1. The molecule has 23 rings (SSSR count). The first-order valence-corrected chi connectivity index (χ1v) is 46.6. The summed E-state index contributed by atoms with van der Waals surface area (Å²) in [6, 6.07) is 56.2. The molecule has 0 saturated heterocycles. The van der Waals surface area contributed by atoms with Crippen molar-refractivity contribution >= 4 is 143 Å². The van der Waals surface area contributed by atoms with Crippen LogP contribution in [0.1, 0.15) is 113 Å². The molecular formula is C96H88ClN45O4S. The number of benzene rings is 7. The van der Waals surface area contributed by atoms with Gasteiger partial charge in [0.1, 0.15) is 51.8 Å². The number of fused-ring (bicyclic) bond motifs is 4. The van der Waals surface area contributed by atoms with E-state index in [1.807, 2.05) is 149 Å². The van der Waals surface area contributed by atoms with E-state index >= 15 is 0 Å². The quantitative estimate of drug-likeness (QED) is 0.0203. The fourth-order valence-electron chi connectivity index (χ4n) is 13.9. The summed E-state index contributed by atoms with van der Waals surface area (Å²) in [5.41, 5.74) is 26.6. The maximum absolute atomic E-state index is 11.9. The zero-order chi connectivity index (χ0) is 101. The average Bonchev–Trinajstić information content (AvgIpc) is 1.75. The van der Waals surface area contributed by atoms with Crippen molar-refractivity contribution in [3.05, 3.63) is 324 Å². The Hall–Kier alpha value is -20.0. The average molecular weight is 2000 g/mol. The van der Waals surface area contributed by atoms with Crippen LogP contribution in [0.25, 0.3) is 55.1 Å². The number of carbonyl (C=O) groups is 2. The number of methoxy groups -OCH3 is 1. The van der Waals surface area contributed by atoms with Crippen LogP contribution in [0.3, 0.4) is 0 Å². The minimum atomic E-state index is -0.618. The summed E-state index contributed by atoms with van der Waals surface area (Å²) in [4.78, 5) is 73.5. The first-order valence-electron chi connectivity index (χ1n) is 45.4. The third-order valence-corrected chi connectivity index (χ3v) is 22.4. The summed E-state index contributed by atoms with van der Waals surface area (Å²) in [7, 11) is 1.27. The minimum absolute atomic E-state index is 0.0237. The van der Waals surface area contributed by atoms with Crippen LogP contribution in [0.4, 0.5) is 63.9 Å². The number of carbonyl (C=O) groups excluding carboxylic acids is 2. The maximum Gasteiger partial charge on any atom is 0.356 e. The molecule has 0 radical (unpaired) electrons. The summed E-state index contributed by atoms with van der Waals surface area (Å²) in [6.45, 7) is 11.2. The molecule has 147 heavy (non-hydrogen) atoms. The van der Waals surface area contributed by atoms with Crippen LogP contribution in [-0.2, 0) is 35.2 Å². The lowest BCUT2D eigenvalue weighted by Crippen LogP contribution is -2.15. The molecule has 15 aromatic heterocycles. The van der Waals surface area contributed by atoms with E-state index in [4.69, 9.17) is 26.3 Å². The molecule has 7 aromatic carbocycles. The van der Waals surface area contributed by atoms with Crippen molar-refractivity contribution in [2.24, 2.45) is 0 Å². The molecule has 51 heteroatoms. The van der Waals surface area contributed by atoms with E-state index in [1.165, 1.54) is 42.8 Å². The van der Waals surface area contributed by atoms with Crippen LogP contribution in [0.5, 0.6) is 11.8 Å². The second-order valence-corrected chi connectivity index (χ2v) is 33.6. The number of imidazole rings is 1. The molecule has 734 valence electrons. The normalized spacial score (nSPS) is 11.2. The monoisotopic (exact) mass is 2000 g/mol. The number of nitriles is 1. The standard InChI is InChI=1S/C19H17N7OS.C18H20N8.C17H16N8.C16H14N8O3.C14H12N8.C12H9ClN6/c1-12-18(25-26-17-6-4-3-5-14(17)11-20-26)22-19(24-23-12)28-16-9-7-15(8-10-16)21-13(2)27;1-3-12-9-20-26(11-12)25-18-15(4-2)23-24-17(21-18)8-13-5-6-16-14(7-13)10-19-22-16;1-11-9-19-25(10-11)24-16-15(13-4-5-13)22-23-17(21-16)20-14-6-2-12(8-18)3-7-14;1-8-14(23-24-21-8)19-13-6-12(15(25)26-2)18-16(20-13)27-10-3-4-11-9(5-10)7-17-22-11;1-2-4-10-9(3-1)17-13(18-10)7-12-15-6-5-11(19-12)20-14-8-16-22-21-14;13-10-4-1-3-9(7-10)12-16-11(8-14-17-12)18-19-6-2-5-15-19/h3-11H,1-2H3,(H,21,27)(H,22,24,25);5-7,9-11H,3-4,8H2,1-2H3,(H,19,22)(H,21,24,25);2-3,6-7,9-10,13H,4-5H2,1H3,(H2,20,21,23,24);3-7H,1-2H3,(H,17,22)(H2,18,19,20,21,23,24);1-6,8H,7H2,(H,17,18)(H2,15,16,19,20,21,22);1-8H,(H,16,17,18). The molecule has 49 nitrogen and oxygen atoms in total. The number of H-pyrrole nitrogens is 5. The lowest BCUT2D eigenvalue weighted by Gasteiger charge is -2.11. The number of hydrogen-bond acceptors (Lipinski definition) is 40. The highest BCUT2D eigenvalue weighted by Gasteiger charge is 2.30. The first kappa shape index (κ1) is 97.2. The van der Waals surface area contributed by atoms with Crippen molar-refractivity contribution in [3.8, 4) is 29.2 Å². The van der Waals surface area contributed by atoms with Gasteiger partial charge in [-0.15, -0.1) is 45.9 Å². The van der Waals surface area contributed by atoms with Crippen LogP contribution in [0.15, 0.2) is 260 Å². The Morgan fingerprint density at radius 3 is 2.10 bits per heavy atom. The molecule has 1 aliphatic rings. The second-order valence-electron chi connectivity index (χ2n) is 32.2. The third kappa shape index (κ3) is 26.4. The number of nitrogens with one attached hydrogen (secondary N) is 13. The molecule has 0 bridgehead atoms. The van der Waals surface area contributed by atoms with Crippen molar-refractivity contribution < 1.29 is 19.1 Å². The number of para-hydroxylation sites is 3. The summed E-state index contributed by atoms with van der Waals surface area (Å²) >= 11 is 7.33. The van der Waals surface area contributed by atoms with E-state index in [-0.39, 0.29) is 17.6 Å². The number of rotatable bonds is 28. The Morgan fingerprint density at radius 1 is 0.544 bits per heavy atom. The highest BCUT2D eigenvalue weighted by Crippen LogP contribution is 2.42. The van der Waals surface area contributed by atoms with Gasteiger partial charge in [0.05, 0.1) is 115 Å². The van der Waals surface area contributed by atoms with Gasteiger partial charge in [-0.2, -0.15) is 101 Å². The highest BCUT2D eigenvalue weighted by atomic mass is 35.5. The van der Waals surface area contributed by atoms with Gasteiger partial charge in [0.2, 0.25) is 17.0 Å². The predicted molar refractivity (Wildman–Crippen MR) is 545 cm³/mol. The number of amides is 1. The van der Waals surface area contributed by atoms with Gasteiger partial charge < -0.3 is 35.7 Å². The number of hydrogen-bond donors (Lipinski definition) is 13. The number of aromatic nitrogens is 36. The van der Waals surface area contributed by atoms with Gasteiger partial charge in [-0.1, -0.05) is 74.0 Å². The van der Waals surface area contributed by atoms with Gasteiger partial charge >= 0.3 is 12.0 Å². The van der Waals surface area contributed by atoms with Gasteiger partial charge in [-0.25, -0.2) is 29.7 Å². The van der Waals surface area contributed by atoms with Gasteiger partial charge in [-0.05, 0) is 196 Å². The van der Waals surface area contributed by atoms with Crippen molar-refractivity contribution in [2.75, 3.05) is 50.1 Å². The summed E-state index contributed by atoms with van der Waals surface area (Å²) in [6.07, 6.45) is 26.0. The van der Waals surface area contributed by atoms with E-state index in [2.05, 4.69) is 224 Å². The van der Waals surface area contributed by atoms with Crippen LogP contribution in [0, 0.1) is 32.1 Å². The largest absolute Gasteiger partial charge is 0.464 e. The maximum atomic E-state index is 11.9. The smallest absolute Gasteiger partial charge is 0.356 e. The second kappa shape index (κ2) is 46.4. The molecule has 0 aliphatic heterocycles. The molecule has 1 aliphatic carbocycles. The van der Waals surface area contributed by atoms with Crippen molar-refractivity contribution in [3.63, 3.8) is 0 Å². The van der Waals surface area contributed by atoms with Crippen molar-refractivity contribution in [1.29, 1.82) is 5.26 Å². The van der Waals surface area contributed by atoms with E-state index in [0.717, 1.165) is 125 Å². The third-order valence-electron chi connectivity index (χ3n) is 21.3. The summed E-state index contributed by atoms with van der Waals surface area (Å²) in [5, 5.41) is 110. The van der Waals surface area contributed by atoms with E-state index < -0.39 is 5.97 Å². The molecule has 0 atom stereocenters. The Kier molecular flexibility index (Phi) is 30.7. The van der Waals surface area contributed by atoms with Crippen LogP contribution in [-0.4, -0.2) is 200 Å². The van der Waals surface area contributed by atoms with E-state index in [9.17, 15) is 9.59 Å². The number of halogens is 1. The van der Waals surface area contributed by atoms with Crippen molar-refractivity contribution in [2.45, 2.75) is 96.0 Å². The number of aromatic amines is 5. The molecular weight excluding hydrogens is 1910 g/mol. The van der Waals surface area contributed by atoms with Gasteiger partial charge in [0.25, 0.3) is 0 Å². The molecule has 15 heterocycles. The molecule has 0 spiro atoms. The van der Waals surface area contributed by atoms with E-state index in [0.29, 0.717) is 122 Å². The molecule has 1 fully saturated rings. The first-order chi connectivity index (χ1) is 71.8. The van der Waals surface area contributed by atoms with Gasteiger partial charge in [0, 0.05) is 80.7 Å². The van der Waals surface area contributed by atoms with Crippen molar-refractivity contribution in [1.82, 2.24) is 181 Å². The van der Waals surface area contributed by atoms with Gasteiger partial charge in [-0.3, -0.25) is 36.7 Å². The lowest BCUT2D eigenvalue weighted by molar-refractivity contribution is -0.114. The Balaban J connectivity index is 0.000000116. The molecule has 1 amide bonds. The minimum Gasteiger partial charge on any atom is -0.464 e. The van der Waals surface area contributed by atoms with E-state index in [1.54, 1.807) is 125 Å². The van der Waals surface area contributed by atoms with Crippen LogP contribution >= 0.6 is 23.4 Å². The number of aryl methyl sites for hydroxylation is 5. The summed E-state index contributed by atoms with van der Waals surface area (Å²) < 4.78 is 10.5. The Morgan fingerprint density at radius 2 is 1.35 bits per heavy atom. The van der Waals surface area contributed by atoms with Crippen LogP contribution in [0.2, 0.25) is 5.02 Å². The number of ether oxygens (including phenoxy) is 2. The van der Waals surface area contributed by atoms with Gasteiger partial charge in [0.15, 0.2) is 52.2 Å². The SMILES string of the molecule is CC(=O)Nc1ccc(Sc2nnc(C)c(Nn3ncc4ccccc43)n2)cc1.CCc1cnn(Nc2nc(Cc3ccc4[nH]ncc4c3)nnc2CC)c1.COC(=O)c1cc(Nc2n[nH]nc2C)nc(Oc2ccc3[nH]ncc3c2)n1.Cc1cnn(Nc2nc(Nc3ccc(C#N)cc3)nnc2C2CC2)c1.Clc1cccc(-c2nncc(Nn3cccn3)n2)c1.c1ccc2[nH]c(Cc3nccc(Nc4cn[nH]n4)n3)nc2c1. The zero-order valence-electron chi connectivity index (χ0n) is 79.2. The Labute approximate surface area is 842 Å². The zero-order valence-corrected chi connectivity index (χ0v) is 80.8. The van der Waals surface area contributed by atoms with Crippen LogP contribution < -0.4 is 47.7 Å². The highest BCUT2D eigenvalue weighted by molar-refractivity contribution is 7.99. The number of nitrogens with zero attached hydrogens (tertiary/aromatic N) is 32. The molecule has 0 unspecified atom stereocenters. The molecule has 13 N–H and O–H groups in total.